The lowest BCUT2D eigenvalue weighted by molar-refractivity contribution is -0.137. The van der Waals surface area contributed by atoms with Crippen LogP contribution in [0.3, 0.4) is 0 Å². The third-order valence-electron chi connectivity index (χ3n) is 3.22. The van der Waals surface area contributed by atoms with E-state index in [2.05, 4.69) is 10.1 Å². The highest BCUT2D eigenvalue weighted by Gasteiger charge is 2.29. The Morgan fingerprint density at radius 1 is 1.08 bits per heavy atom. The van der Waals surface area contributed by atoms with Gasteiger partial charge in [0.15, 0.2) is 0 Å². The van der Waals surface area contributed by atoms with E-state index < -0.39 is 23.6 Å². The van der Waals surface area contributed by atoms with Gasteiger partial charge in [0.1, 0.15) is 0 Å². The van der Waals surface area contributed by atoms with Gasteiger partial charge < -0.3 is 10.1 Å². The summed E-state index contributed by atoms with van der Waals surface area (Å²) in [5.41, 5.74) is 0.372. The predicted molar refractivity (Wildman–Crippen MR) is 86.9 cm³/mol. The van der Waals surface area contributed by atoms with Gasteiger partial charge in [0.05, 0.1) is 18.2 Å². The average molecular weight is 349 g/mol. The normalized spacial score (nSPS) is 11.4. The first-order valence-electron chi connectivity index (χ1n) is 7.14. The molecule has 0 saturated carbocycles. The molecule has 1 amide bonds. The maximum atomic E-state index is 12.5. The molecule has 0 radical (unpaired) electrons. The zero-order valence-electron chi connectivity index (χ0n) is 13.1. The molecule has 1 N–H and O–H groups in total. The molecule has 0 aliphatic heterocycles. The van der Waals surface area contributed by atoms with Crippen molar-refractivity contribution in [1.29, 1.82) is 0 Å². The fourth-order valence-corrected chi connectivity index (χ4v) is 1.98. The van der Waals surface area contributed by atoms with Crippen LogP contribution < -0.4 is 5.32 Å². The molecule has 25 heavy (non-hydrogen) atoms. The minimum absolute atomic E-state index is 0.284. The average Bonchev–Trinajstić information content (AvgIpc) is 2.59. The SMILES string of the molecule is COC(=O)c1cccc(NC(=O)/C=C/c2ccc(C(F)(F)F)cc2)c1. The van der Waals surface area contributed by atoms with Crippen LogP contribution in [-0.2, 0) is 15.7 Å². The van der Waals surface area contributed by atoms with E-state index in [0.717, 1.165) is 12.1 Å². The number of rotatable bonds is 4. The summed E-state index contributed by atoms with van der Waals surface area (Å²) in [5, 5.41) is 2.55. The summed E-state index contributed by atoms with van der Waals surface area (Å²) in [6.07, 6.45) is -1.82. The number of carbonyl (C=O) groups is 2. The number of amides is 1. The highest BCUT2D eigenvalue weighted by Crippen LogP contribution is 2.29. The summed E-state index contributed by atoms with van der Waals surface area (Å²) in [6.45, 7) is 0. The van der Waals surface area contributed by atoms with Crippen LogP contribution in [0.4, 0.5) is 18.9 Å². The van der Waals surface area contributed by atoms with Crippen LogP contribution in [-0.4, -0.2) is 19.0 Å². The van der Waals surface area contributed by atoms with Gasteiger partial charge in [-0.1, -0.05) is 18.2 Å². The Labute approximate surface area is 141 Å². The smallest absolute Gasteiger partial charge is 0.416 e. The lowest BCUT2D eigenvalue weighted by Crippen LogP contribution is -2.09. The number of esters is 1. The van der Waals surface area contributed by atoms with Crippen LogP contribution in [0.25, 0.3) is 6.08 Å². The van der Waals surface area contributed by atoms with Gasteiger partial charge in [-0.2, -0.15) is 13.2 Å². The predicted octanol–water partition coefficient (Wildman–Crippen LogP) is 4.14. The third-order valence-corrected chi connectivity index (χ3v) is 3.22. The Hall–Kier alpha value is -3.09. The van der Waals surface area contributed by atoms with E-state index in [-0.39, 0.29) is 5.56 Å². The van der Waals surface area contributed by atoms with Crippen LogP contribution in [0.1, 0.15) is 21.5 Å². The highest BCUT2D eigenvalue weighted by molar-refractivity contribution is 6.02. The summed E-state index contributed by atoms with van der Waals surface area (Å²) in [4.78, 5) is 23.3. The minimum Gasteiger partial charge on any atom is -0.465 e. The topological polar surface area (TPSA) is 55.4 Å². The largest absolute Gasteiger partial charge is 0.465 e. The van der Waals surface area contributed by atoms with Crippen LogP contribution in [0, 0.1) is 0 Å². The lowest BCUT2D eigenvalue weighted by atomic mass is 10.1. The molecule has 0 spiro atoms. The van der Waals surface area contributed by atoms with E-state index in [1.807, 2.05) is 0 Å². The molecule has 2 aromatic carbocycles. The van der Waals surface area contributed by atoms with Crippen LogP contribution in [0.15, 0.2) is 54.6 Å². The van der Waals surface area contributed by atoms with Gasteiger partial charge in [-0.15, -0.1) is 0 Å². The fourth-order valence-electron chi connectivity index (χ4n) is 1.98. The second-order valence-corrected chi connectivity index (χ2v) is 5.01. The quantitative estimate of drug-likeness (QED) is 0.667. The maximum Gasteiger partial charge on any atom is 0.416 e. The molecule has 130 valence electrons. The molecule has 0 aliphatic rings. The van der Waals surface area contributed by atoms with Crippen LogP contribution >= 0.6 is 0 Å². The fraction of sp³-hybridized carbons (Fsp3) is 0.111. The standard InChI is InChI=1S/C18H14F3NO3/c1-25-17(24)13-3-2-4-15(11-13)22-16(23)10-7-12-5-8-14(9-6-12)18(19,20)21/h2-11H,1H3,(H,22,23)/b10-7+. The second kappa shape index (κ2) is 7.65. The van der Waals surface area contributed by atoms with Gasteiger partial charge >= 0.3 is 12.1 Å². The van der Waals surface area contributed by atoms with Crippen molar-refractivity contribution in [2.24, 2.45) is 0 Å². The van der Waals surface area contributed by atoms with Crippen molar-refractivity contribution < 1.29 is 27.5 Å². The zero-order chi connectivity index (χ0) is 18.4. The molecular weight excluding hydrogens is 335 g/mol. The Balaban J connectivity index is 2.02. The zero-order valence-corrected chi connectivity index (χ0v) is 13.1. The molecule has 0 saturated heterocycles. The lowest BCUT2D eigenvalue weighted by Gasteiger charge is -2.06. The third kappa shape index (κ3) is 5.20. The minimum atomic E-state index is -4.40. The molecule has 4 nitrogen and oxygen atoms in total. The number of ether oxygens (including phenoxy) is 1. The maximum absolute atomic E-state index is 12.5. The molecule has 0 unspecified atom stereocenters. The molecule has 0 aromatic heterocycles. The molecule has 0 atom stereocenters. The second-order valence-electron chi connectivity index (χ2n) is 5.01. The first-order chi connectivity index (χ1) is 11.8. The van der Waals surface area contributed by atoms with E-state index >= 15 is 0 Å². The first-order valence-corrected chi connectivity index (χ1v) is 7.14. The molecule has 2 aromatic rings. The van der Waals surface area contributed by atoms with Crippen molar-refractivity contribution in [2.45, 2.75) is 6.18 Å². The molecule has 2 rings (SSSR count). The number of hydrogen-bond donors (Lipinski definition) is 1. The van der Waals surface area contributed by atoms with Crippen LogP contribution in [0.5, 0.6) is 0 Å². The number of hydrogen-bond acceptors (Lipinski definition) is 3. The Morgan fingerprint density at radius 2 is 1.76 bits per heavy atom. The summed E-state index contributed by atoms with van der Waals surface area (Å²) in [6, 6.07) is 10.6. The van der Waals surface area contributed by atoms with Crippen molar-refractivity contribution in [3.05, 3.63) is 71.3 Å². The van der Waals surface area contributed by atoms with Crippen molar-refractivity contribution in [3.63, 3.8) is 0 Å². The number of anilines is 1. The van der Waals surface area contributed by atoms with E-state index in [0.29, 0.717) is 11.3 Å². The molecule has 0 bridgehead atoms. The number of nitrogens with one attached hydrogen (secondary N) is 1. The van der Waals surface area contributed by atoms with E-state index in [9.17, 15) is 22.8 Å². The summed E-state index contributed by atoms with van der Waals surface area (Å²) in [5.74, 6) is -1.02. The van der Waals surface area contributed by atoms with Gasteiger partial charge in [0.2, 0.25) is 5.91 Å². The summed E-state index contributed by atoms with van der Waals surface area (Å²) in [7, 11) is 1.25. The monoisotopic (exact) mass is 349 g/mol. The Morgan fingerprint density at radius 3 is 2.36 bits per heavy atom. The van der Waals surface area contributed by atoms with Gasteiger partial charge in [0.25, 0.3) is 0 Å². The van der Waals surface area contributed by atoms with Crippen molar-refractivity contribution in [2.75, 3.05) is 12.4 Å². The number of benzene rings is 2. The number of carbonyl (C=O) groups excluding carboxylic acids is 2. The Kier molecular flexibility index (Phi) is 5.59. The van der Waals surface area contributed by atoms with Crippen molar-refractivity contribution in [3.8, 4) is 0 Å². The van der Waals surface area contributed by atoms with Crippen LogP contribution in [0.2, 0.25) is 0 Å². The van der Waals surface area contributed by atoms with E-state index in [1.165, 1.54) is 37.5 Å². The van der Waals surface area contributed by atoms with E-state index in [1.54, 1.807) is 18.2 Å². The summed E-state index contributed by atoms with van der Waals surface area (Å²) >= 11 is 0. The molecule has 7 heteroatoms. The van der Waals surface area contributed by atoms with Gasteiger partial charge in [-0.05, 0) is 42.0 Å². The molecular formula is C18H14F3NO3. The summed E-state index contributed by atoms with van der Waals surface area (Å²) < 4.78 is 42.0. The van der Waals surface area contributed by atoms with Gasteiger partial charge in [0, 0.05) is 11.8 Å². The molecule has 0 heterocycles. The Bertz CT molecular complexity index is 796. The molecule has 0 aliphatic carbocycles. The number of halogens is 3. The van der Waals surface area contributed by atoms with Gasteiger partial charge in [-0.3, -0.25) is 4.79 Å². The van der Waals surface area contributed by atoms with Crippen molar-refractivity contribution >= 4 is 23.6 Å². The van der Waals surface area contributed by atoms with Gasteiger partial charge in [-0.25, -0.2) is 4.79 Å². The number of methoxy groups -OCH3 is 1. The van der Waals surface area contributed by atoms with Crippen molar-refractivity contribution in [1.82, 2.24) is 0 Å². The molecule has 0 fully saturated rings. The first kappa shape index (κ1) is 18.3. The highest BCUT2D eigenvalue weighted by atomic mass is 19.4. The number of alkyl halides is 3. The van der Waals surface area contributed by atoms with E-state index in [4.69, 9.17) is 0 Å².